The van der Waals surface area contributed by atoms with E-state index >= 15 is 0 Å². The molecule has 0 spiro atoms. The molecule has 2 aliphatic rings. The number of aromatic carboxylic acids is 2. The number of aryl methyl sites for hydroxylation is 2. The van der Waals surface area contributed by atoms with E-state index in [4.69, 9.17) is 37.3 Å². The van der Waals surface area contributed by atoms with Crippen molar-refractivity contribution in [2.45, 2.75) is 383 Å². The molecule has 0 aliphatic carbocycles. The highest BCUT2D eigenvalue weighted by Gasteiger charge is 2.37. The number of carboxylic acid groups (broad SMARTS) is 2. The molecule has 0 saturated carbocycles. The first-order valence-electron chi connectivity index (χ1n) is 47.4. The largest absolute Gasteiger partial charge is 0.542 e. The van der Waals surface area contributed by atoms with Crippen molar-refractivity contribution in [2.24, 2.45) is 0 Å². The number of aliphatic hydroxyl groups is 1. The molecule has 0 saturated heterocycles. The fourth-order valence-corrected chi connectivity index (χ4v) is 17.1. The third-order valence-electron chi connectivity index (χ3n) is 25.1. The second-order valence-electron chi connectivity index (χ2n) is 35.4. The summed E-state index contributed by atoms with van der Waals surface area (Å²) >= 11 is 0. The van der Waals surface area contributed by atoms with Gasteiger partial charge in [-0.25, -0.2) is 18.7 Å². The van der Waals surface area contributed by atoms with Crippen LogP contribution in [0.3, 0.4) is 0 Å². The number of unbranched alkanes of at least 4 members (excludes halogenated alkanes) is 32. The lowest BCUT2D eigenvalue weighted by Crippen LogP contribution is -2.37. The summed E-state index contributed by atoms with van der Waals surface area (Å²) in [4.78, 5) is 73.1. The van der Waals surface area contributed by atoms with Gasteiger partial charge in [0.15, 0.2) is 47.2 Å². The monoisotopic (exact) mass is 1720 g/mol. The SMILES string of the molecule is CCCCCCCCCCCCCCCCC1(C)CCc2c(C)c(OC(=O)c3ccc[n+](CCCCCC)c3)c(C)c(C)c2O1.CCCCCCCCCCCCCCCCC1(C)CCc2c(C)c(OC(=O)c3ccc[n+](CCCCCC)c3)c(C)c(C)c2O1.O=c1c[14c]([14C](=O)[O-])oc2cccc(OCC(O)COc3cccc4o[14c]([14C](=O)[O-])cc(=O)c34)c12. The van der Waals surface area contributed by atoms with Crippen LogP contribution in [0.25, 0.3) is 21.9 Å². The topological polar surface area (TPSA) is 258 Å². The number of carbonyl (C=O) groups is 4. The van der Waals surface area contributed by atoms with E-state index in [-0.39, 0.29) is 69.8 Å². The molecule has 8 aromatic rings. The molecule has 678 valence electrons. The normalized spacial score (nSPS) is 14.6. The van der Waals surface area contributed by atoms with Gasteiger partial charge in [0.05, 0.1) is 0 Å². The van der Waals surface area contributed by atoms with Crippen LogP contribution < -0.4 is 58.6 Å². The first-order chi connectivity index (χ1) is 59.8. The Morgan fingerprint density at radius 3 is 1.08 bits per heavy atom. The predicted molar refractivity (Wildman–Crippen MR) is 488 cm³/mol. The molecule has 10 rings (SSSR count). The van der Waals surface area contributed by atoms with Gasteiger partial charge in [0.25, 0.3) is 0 Å². The van der Waals surface area contributed by atoms with Crippen molar-refractivity contribution >= 4 is 45.8 Å². The summed E-state index contributed by atoms with van der Waals surface area (Å²) < 4.78 is 51.3. The zero-order valence-electron chi connectivity index (χ0n) is 77.2. The predicted octanol–water partition coefficient (Wildman–Crippen LogP) is 22.8. The first kappa shape index (κ1) is 100. The number of pyridine rings is 2. The summed E-state index contributed by atoms with van der Waals surface area (Å²) in [7, 11) is 0. The summed E-state index contributed by atoms with van der Waals surface area (Å²) in [6.07, 6.45) is 61.2. The second-order valence-corrected chi connectivity index (χ2v) is 35.4. The van der Waals surface area contributed by atoms with Crippen molar-refractivity contribution in [3.63, 3.8) is 0 Å². The quantitative estimate of drug-likeness (QED) is 0.0161. The van der Waals surface area contributed by atoms with Gasteiger partial charge in [-0.1, -0.05) is 232 Å². The van der Waals surface area contributed by atoms with E-state index in [0.717, 1.165) is 121 Å². The highest BCUT2D eigenvalue weighted by atomic mass is 16.7. The molecule has 4 aromatic heterocycles. The summed E-state index contributed by atoms with van der Waals surface area (Å²) in [6.45, 7) is 27.4. The Labute approximate surface area is 738 Å². The Morgan fingerprint density at radius 1 is 0.444 bits per heavy atom. The molecule has 19 nitrogen and oxygen atoms in total. The van der Waals surface area contributed by atoms with Crippen LogP contribution in [0, 0.1) is 41.5 Å². The molecule has 4 aromatic carbocycles. The number of esters is 2. The number of nitrogens with zero attached hydrogens (tertiary/aromatic N) is 2. The van der Waals surface area contributed by atoms with Crippen molar-refractivity contribution in [3.8, 4) is 34.5 Å². The van der Waals surface area contributed by atoms with E-state index in [1.165, 1.54) is 266 Å². The number of ether oxygens (including phenoxy) is 6. The third kappa shape index (κ3) is 31.0. The van der Waals surface area contributed by atoms with Crippen LogP contribution in [0.15, 0.2) is 116 Å². The van der Waals surface area contributed by atoms with Crippen molar-refractivity contribution in [3.05, 3.63) is 185 Å². The second kappa shape index (κ2) is 52.6. The fourth-order valence-electron chi connectivity index (χ4n) is 17.1. The van der Waals surface area contributed by atoms with Gasteiger partial charge in [-0.2, -0.15) is 0 Å². The number of rotatable bonds is 52. The van der Waals surface area contributed by atoms with Crippen LogP contribution in [0.2, 0.25) is 0 Å². The summed E-state index contributed by atoms with van der Waals surface area (Å²) in [5, 5.41) is 32.1. The fraction of sp³-hybridized carbons (Fsp3) is 0.581. The Kier molecular flexibility index (Phi) is 42.4. The highest BCUT2D eigenvalue weighted by molar-refractivity contribution is 5.92. The van der Waals surface area contributed by atoms with E-state index < -0.39 is 40.4 Å². The third-order valence-corrected chi connectivity index (χ3v) is 25.1. The number of fused-ring (bicyclic) bond motifs is 4. The van der Waals surface area contributed by atoms with E-state index in [1.807, 2.05) is 49.1 Å². The summed E-state index contributed by atoms with van der Waals surface area (Å²) in [5.74, 6) is -1.57. The molecular formula is C105H146N2O17. The Bertz CT molecular complexity index is 4530. The molecule has 0 bridgehead atoms. The van der Waals surface area contributed by atoms with Crippen LogP contribution in [0.1, 0.15) is 385 Å². The van der Waals surface area contributed by atoms with Crippen LogP contribution in [-0.2, 0) is 25.9 Å². The van der Waals surface area contributed by atoms with Gasteiger partial charge in [-0.3, -0.25) is 9.59 Å². The number of hydrogen-bond donors (Lipinski definition) is 1. The van der Waals surface area contributed by atoms with Crippen LogP contribution in [0.4, 0.5) is 0 Å². The molecule has 2 aliphatic heterocycles. The lowest BCUT2D eigenvalue weighted by molar-refractivity contribution is -0.697. The van der Waals surface area contributed by atoms with Crippen molar-refractivity contribution in [2.75, 3.05) is 13.2 Å². The molecule has 1 N–H and O–H groups in total. The lowest BCUT2D eigenvalue weighted by atomic mass is 9.84. The highest BCUT2D eigenvalue weighted by Crippen LogP contribution is 2.47. The maximum absolute atomic E-state index is 13.3. The molecule has 0 radical (unpaired) electrons. The van der Waals surface area contributed by atoms with E-state index in [9.17, 15) is 44.1 Å². The van der Waals surface area contributed by atoms with Gasteiger partial charge in [-0.05, 0) is 189 Å². The molecule has 6 heterocycles. The summed E-state index contributed by atoms with van der Waals surface area (Å²) in [6, 6.07) is 17.7. The number of hydrogen-bond acceptors (Lipinski definition) is 17. The maximum atomic E-state index is 13.3. The van der Waals surface area contributed by atoms with Gasteiger partial charge in [-0.15, -0.1) is 0 Å². The number of aromatic nitrogens is 2. The van der Waals surface area contributed by atoms with E-state index in [1.54, 1.807) is 0 Å². The minimum absolute atomic E-state index is 0.0176. The minimum Gasteiger partial charge on any atom is -0.542 e. The molecule has 2 unspecified atom stereocenters. The first-order valence-corrected chi connectivity index (χ1v) is 47.4. The zero-order valence-corrected chi connectivity index (χ0v) is 77.2. The number of carbonyl (C=O) groups excluding carboxylic acids is 4. The van der Waals surface area contributed by atoms with Crippen molar-refractivity contribution in [1.29, 1.82) is 0 Å². The Morgan fingerprint density at radius 2 is 0.758 bits per heavy atom. The number of benzene rings is 4. The van der Waals surface area contributed by atoms with Crippen LogP contribution in [-0.4, -0.2) is 59.5 Å². The van der Waals surface area contributed by atoms with Gasteiger partial charge < -0.3 is 62.2 Å². The van der Waals surface area contributed by atoms with Gasteiger partial charge >= 0.3 is 11.9 Å². The standard InChI is InChI=1S/2C41H66NO3.C23H16O11/c2*1-7-9-11-13-14-15-16-17-18-19-20-21-22-23-28-41(6)29-27-37-35(5)38(33(3)34(4)39(37)45-41)44-40(43)36-26-25-31-42(32-36)30-24-12-10-8-2;24-11(9-31-14-3-1-5-16-20(14)12(25)7-18(33-16)22(27)28)10-32-15-4-2-6-17-21(15)13(26)8-19(34-17)23(29)30/h2*25-26,31-32H,7-24,27-30H2,1-6H3;1-8,11,24H,9-10H2,(H,27,28)(H,29,30)/q2*+1;/p-2/i;;18+2,19+2,22+2,23+2. The number of aliphatic hydroxyl groups excluding tert-OH is 1. The molecular weight excluding hydrogens is 1570 g/mol. The van der Waals surface area contributed by atoms with Gasteiger partial charge in [0.1, 0.15) is 123 Å². The average molecular weight is 1720 g/mol. The molecule has 0 fully saturated rings. The Balaban J connectivity index is 0.000000233. The van der Waals surface area contributed by atoms with Crippen molar-refractivity contribution in [1.82, 2.24) is 0 Å². The maximum Gasteiger partial charge on any atom is 0.349 e. The minimum atomic E-state index is -1.64. The molecule has 124 heavy (non-hydrogen) atoms. The smallest absolute Gasteiger partial charge is 0.349 e. The van der Waals surface area contributed by atoms with Crippen LogP contribution >= 0.6 is 0 Å². The van der Waals surface area contributed by atoms with Crippen LogP contribution in [0.5, 0.6) is 34.5 Å². The number of carboxylic acids is 2. The van der Waals surface area contributed by atoms with Crippen molar-refractivity contribution < 1.29 is 80.9 Å². The Hall–Kier alpha value is -9.36. The average Bonchev–Trinajstić information content (AvgIpc) is 0.766. The zero-order chi connectivity index (χ0) is 89.4. The molecule has 2 atom stereocenters. The van der Waals surface area contributed by atoms with E-state index in [2.05, 4.69) is 92.2 Å². The van der Waals surface area contributed by atoms with Gasteiger partial charge in [0.2, 0.25) is 0 Å². The van der Waals surface area contributed by atoms with Gasteiger partial charge in [0, 0.05) is 48.2 Å². The van der Waals surface area contributed by atoms with E-state index in [0.29, 0.717) is 22.6 Å². The molecule has 0 amide bonds. The molecule has 19 heteroatoms. The summed E-state index contributed by atoms with van der Waals surface area (Å²) in [5.41, 5.74) is 8.26. The lowest BCUT2D eigenvalue weighted by Gasteiger charge is -2.38.